The first kappa shape index (κ1) is 9.52. The molecule has 2 unspecified atom stereocenters. The zero-order chi connectivity index (χ0) is 9.46. The quantitative estimate of drug-likeness (QED) is 0.616. The lowest BCUT2D eigenvalue weighted by atomic mass is 9.85. The molecule has 0 aromatic rings. The van der Waals surface area contributed by atoms with Crippen molar-refractivity contribution in [1.82, 2.24) is 4.90 Å². The molecule has 0 aliphatic carbocycles. The Labute approximate surface area is 73.9 Å². The van der Waals surface area contributed by atoms with Crippen LogP contribution >= 0.6 is 0 Å². The van der Waals surface area contributed by atoms with E-state index in [0.717, 1.165) is 0 Å². The Morgan fingerprint density at radius 3 is 2.08 bits per heavy atom. The zero-order valence-corrected chi connectivity index (χ0v) is 8.24. The van der Waals surface area contributed by atoms with Crippen LogP contribution in [0.3, 0.4) is 0 Å². The number of nitrogens with zero attached hydrogens (tertiary/aromatic N) is 1. The number of carbonyl (C=O) groups is 1. The highest BCUT2D eigenvalue weighted by Crippen LogP contribution is 2.27. The van der Waals surface area contributed by atoms with E-state index in [4.69, 9.17) is 5.73 Å². The molecular formula is C9H18N2O. The SMILES string of the molecule is CC(C)C1C(N)C(=O)N1C(C)C. The maximum atomic E-state index is 11.3. The molecule has 1 aliphatic rings. The molecule has 1 fully saturated rings. The van der Waals surface area contributed by atoms with Crippen LogP contribution in [0.15, 0.2) is 0 Å². The van der Waals surface area contributed by atoms with Gasteiger partial charge in [0, 0.05) is 6.04 Å². The number of β-lactam (4-membered cyclic amide) rings is 1. The standard InChI is InChI=1S/C9H18N2O/c1-5(2)8-7(10)9(12)11(8)6(3)4/h5-8H,10H2,1-4H3. The first-order valence-corrected chi connectivity index (χ1v) is 4.54. The molecule has 3 heteroatoms. The third-order valence-corrected chi connectivity index (χ3v) is 2.47. The molecule has 0 bridgehead atoms. The normalized spacial score (nSPS) is 29.9. The van der Waals surface area contributed by atoms with E-state index in [1.165, 1.54) is 0 Å². The van der Waals surface area contributed by atoms with Gasteiger partial charge >= 0.3 is 0 Å². The smallest absolute Gasteiger partial charge is 0.242 e. The maximum Gasteiger partial charge on any atom is 0.242 e. The van der Waals surface area contributed by atoms with Crippen LogP contribution < -0.4 is 5.73 Å². The van der Waals surface area contributed by atoms with Crippen molar-refractivity contribution in [2.75, 3.05) is 0 Å². The second-order valence-electron chi connectivity index (χ2n) is 4.10. The van der Waals surface area contributed by atoms with Gasteiger partial charge in [0.2, 0.25) is 5.91 Å². The molecule has 1 rings (SSSR count). The van der Waals surface area contributed by atoms with Crippen LogP contribution in [-0.4, -0.2) is 28.9 Å². The Kier molecular flexibility index (Phi) is 2.42. The summed E-state index contributed by atoms with van der Waals surface area (Å²) >= 11 is 0. The molecule has 2 N–H and O–H groups in total. The van der Waals surface area contributed by atoms with Crippen LogP contribution in [0.4, 0.5) is 0 Å². The van der Waals surface area contributed by atoms with Crippen molar-refractivity contribution < 1.29 is 4.79 Å². The minimum Gasteiger partial charge on any atom is -0.334 e. The lowest BCUT2D eigenvalue weighted by Crippen LogP contribution is -2.72. The fraction of sp³-hybridized carbons (Fsp3) is 0.889. The monoisotopic (exact) mass is 170 g/mol. The van der Waals surface area contributed by atoms with E-state index in [1.54, 1.807) is 0 Å². The number of rotatable bonds is 2. The average Bonchev–Trinajstić information content (AvgIpc) is 1.96. The van der Waals surface area contributed by atoms with E-state index in [2.05, 4.69) is 13.8 Å². The van der Waals surface area contributed by atoms with Gasteiger partial charge in [-0.15, -0.1) is 0 Å². The largest absolute Gasteiger partial charge is 0.334 e. The molecule has 12 heavy (non-hydrogen) atoms. The van der Waals surface area contributed by atoms with Crippen LogP contribution in [0.5, 0.6) is 0 Å². The lowest BCUT2D eigenvalue weighted by molar-refractivity contribution is -0.155. The minimum atomic E-state index is -0.257. The van der Waals surface area contributed by atoms with E-state index < -0.39 is 0 Å². The van der Waals surface area contributed by atoms with E-state index in [-0.39, 0.29) is 24.0 Å². The summed E-state index contributed by atoms with van der Waals surface area (Å²) in [5.41, 5.74) is 5.70. The van der Waals surface area contributed by atoms with Gasteiger partial charge in [-0.3, -0.25) is 4.79 Å². The molecule has 1 heterocycles. The average molecular weight is 170 g/mol. The van der Waals surface area contributed by atoms with Gasteiger partial charge < -0.3 is 10.6 Å². The number of hydrogen-bond donors (Lipinski definition) is 1. The fourth-order valence-corrected chi connectivity index (χ4v) is 1.89. The van der Waals surface area contributed by atoms with Gasteiger partial charge in [0.1, 0.15) is 6.04 Å². The van der Waals surface area contributed by atoms with Gasteiger partial charge in [-0.05, 0) is 19.8 Å². The molecule has 2 atom stereocenters. The van der Waals surface area contributed by atoms with Crippen LogP contribution in [-0.2, 0) is 4.79 Å². The minimum absolute atomic E-state index is 0.101. The van der Waals surface area contributed by atoms with Crippen molar-refractivity contribution in [2.24, 2.45) is 11.7 Å². The van der Waals surface area contributed by atoms with E-state index in [0.29, 0.717) is 5.92 Å². The third kappa shape index (κ3) is 1.22. The summed E-state index contributed by atoms with van der Waals surface area (Å²) in [6, 6.07) is 0.273. The van der Waals surface area contributed by atoms with Gasteiger partial charge in [0.05, 0.1) is 6.04 Å². The van der Waals surface area contributed by atoms with Crippen molar-refractivity contribution in [1.29, 1.82) is 0 Å². The van der Waals surface area contributed by atoms with Gasteiger partial charge in [-0.2, -0.15) is 0 Å². The Hall–Kier alpha value is -0.570. The van der Waals surface area contributed by atoms with Crippen LogP contribution in [0, 0.1) is 5.92 Å². The topological polar surface area (TPSA) is 46.3 Å². The first-order valence-electron chi connectivity index (χ1n) is 4.54. The fourth-order valence-electron chi connectivity index (χ4n) is 1.89. The molecule has 1 aliphatic heterocycles. The summed E-state index contributed by atoms with van der Waals surface area (Å²) in [6.07, 6.45) is 0. The van der Waals surface area contributed by atoms with Crippen molar-refractivity contribution in [3.05, 3.63) is 0 Å². The van der Waals surface area contributed by atoms with Gasteiger partial charge in [-0.1, -0.05) is 13.8 Å². The maximum absolute atomic E-state index is 11.3. The highest BCUT2D eigenvalue weighted by atomic mass is 16.2. The van der Waals surface area contributed by atoms with E-state index in [1.807, 2.05) is 18.7 Å². The number of nitrogens with two attached hydrogens (primary N) is 1. The number of hydrogen-bond acceptors (Lipinski definition) is 2. The highest BCUT2D eigenvalue weighted by molar-refractivity contribution is 5.89. The summed E-state index contributed by atoms with van der Waals surface area (Å²) in [5.74, 6) is 0.559. The second-order valence-corrected chi connectivity index (χ2v) is 4.10. The number of carbonyl (C=O) groups excluding carboxylic acids is 1. The van der Waals surface area contributed by atoms with Crippen LogP contribution in [0.1, 0.15) is 27.7 Å². The summed E-state index contributed by atoms with van der Waals surface area (Å²) < 4.78 is 0. The Bertz CT molecular complexity index is 189. The molecule has 0 aromatic carbocycles. The van der Waals surface area contributed by atoms with Gasteiger partial charge in [0.25, 0.3) is 0 Å². The molecule has 0 aromatic heterocycles. The molecule has 0 saturated carbocycles. The first-order chi connectivity index (χ1) is 5.46. The Morgan fingerprint density at radius 1 is 1.33 bits per heavy atom. The van der Waals surface area contributed by atoms with Crippen molar-refractivity contribution in [2.45, 2.75) is 45.8 Å². The lowest BCUT2D eigenvalue weighted by Gasteiger charge is -2.50. The number of amides is 1. The molecule has 3 nitrogen and oxygen atoms in total. The second kappa shape index (κ2) is 3.05. The van der Waals surface area contributed by atoms with Crippen LogP contribution in [0.25, 0.3) is 0 Å². The Balaban J connectivity index is 2.68. The van der Waals surface area contributed by atoms with E-state index in [9.17, 15) is 4.79 Å². The van der Waals surface area contributed by atoms with Gasteiger partial charge in [-0.25, -0.2) is 0 Å². The third-order valence-electron chi connectivity index (χ3n) is 2.47. The van der Waals surface area contributed by atoms with E-state index >= 15 is 0 Å². The van der Waals surface area contributed by atoms with Crippen molar-refractivity contribution in [3.8, 4) is 0 Å². The van der Waals surface area contributed by atoms with Crippen molar-refractivity contribution in [3.63, 3.8) is 0 Å². The highest BCUT2D eigenvalue weighted by Gasteiger charge is 2.47. The molecule has 1 saturated heterocycles. The summed E-state index contributed by atoms with van der Waals surface area (Å²) in [4.78, 5) is 13.2. The summed E-state index contributed by atoms with van der Waals surface area (Å²) in [7, 11) is 0. The van der Waals surface area contributed by atoms with Crippen LogP contribution in [0.2, 0.25) is 0 Å². The zero-order valence-electron chi connectivity index (χ0n) is 8.24. The van der Waals surface area contributed by atoms with Gasteiger partial charge in [0.15, 0.2) is 0 Å². The molecule has 1 amide bonds. The summed E-state index contributed by atoms with van der Waals surface area (Å²) in [6.45, 7) is 8.26. The molecule has 70 valence electrons. The Morgan fingerprint density at radius 2 is 1.83 bits per heavy atom. The summed E-state index contributed by atoms with van der Waals surface area (Å²) in [5, 5.41) is 0. The molecule has 0 spiro atoms. The van der Waals surface area contributed by atoms with Crippen molar-refractivity contribution >= 4 is 5.91 Å². The predicted octanol–water partition coefficient (Wildman–Crippen LogP) is 0.589. The molecular weight excluding hydrogens is 152 g/mol. The molecule has 0 radical (unpaired) electrons. The predicted molar refractivity (Wildman–Crippen MR) is 48.6 cm³/mol. The number of likely N-dealkylation sites (tertiary alicyclic amines) is 1.